The highest BCUT2D eigenvalue weighted by Gasteiger charge is 2.14. The molecule has 0 radical (unpaired) electrons. The van der Waals surface area contributed by atoms with E-state index in [0.717, 1.165) is 0 Å². The molecule has 0 unspecified atom stereocenters. The van der Waals surface area contributed by atoms with Gasteiger partial charge in [0.05, 0.1) is 11.1 Å². The Bertz CT molecular complexity index is 409. The van der Waals surface area contributed by atoms with Crippen molar-refractivity contribution in [3.8, 4) is 6.07 Å². The molecule has 0 atom stereocenters. The van der Waals surface area contributed by atoms with Crippen LogP contribution >= 0.6 is 31.9 Å². The summed E-state index contributed by atoms with van der Waals surface area (Å²) in [4.78, 5) is 11.0. The van der Waals surface area contributed by atoms with Crippen LogP contribution in [0.3, 0.4) is 0 Å². The fourth-order valence-corrected chi connectivity index (χ4v) is 1.85. The highest BCUT2D eigenvalue weighted by Crippen LogP contribution is 2.26. The number of carbonyl (C=O) groups is 1. The highest BCUT2D eigenvalue weighted by molar-refractivity contribution is 9.11. The Balaban J connectivity index is 3.55. The number of hydrogen-bond acceptors (Lipinski definition) is 2. The van der Waals surface area contributed by atoms with Crippen LogP contribution in [0.4, 0.5) is 0 Å². The maximum absolute atomic E-state index is 11.0. The number of primary amides is 1. The number of benzene rings is 1. The molecule has 0 aliphatic carbocycles. The first-order valence-corrected chi connectivity index (χ1v) is 4.84. The zero-order valence-electron chi connectivity index (χ0n) is 6.34. The van der Waals surface area contributed by atoms with Gasteiger partial charge in [0, 0.05) is 8.95 Å². The largest absolute Gasteiger partial charge is 0.366 e. The first-order chi connectivity index (χ1) is 6.07. The second kappa shape index (κ2) is 3.90. The van der Waals surface area contributed by atoms with Gasteiger partial charge in [-0.25, -0.2) is 0 Å². The van der Waals surface area contributed by atoms with Gasteiger partial charge < -0.3 is 5.73 Å². The Labute approximate surface area is 91.8 Å². The molecule has 0 saturated heterocycles. The number of hydrogen-bond donors (Lipinski definition) is 1. The van der Waals surface area contributed by atoms with Crippen LogP contribution in [0.15, 0.2) is 21.1 Å². The van der Waals surface area contributed by atoms with Crippen molar-refractivity contribution in [1.82, 2.24) is 0 Å². The molecule has 0 bridgehead atoms. The summed E-state index contributed by atoms with van der Waals surface area (Å²) in [6.07, 6.45) is 0. The molecule has 66 valence electrons. The maximum Gasteiger partial charge on any atom is 0.251 e. The third-order valence-corrected chi connectivity index (χ3v) is 2.78. The van der Waals surface area contributed by atoms with Crippen molar-refractivity contribution in [2.24, 2.45) is 5.73 Å². The van der Waals surface area contributed by atoms with E-state index in [1.165, 1.54) is 0 Å². The molecule has 1 aromatic carbocycles. The molecule has 0 aromatic heterocycles. The molecule has 0 heterocycles. The third-order valence-electron chi connectivity index (χ3n) is 1.46. The molecular formula is C8H4Br2N2O. The standard InChI is InChI=1S/C8H4Br2N2O/c9-5-1-2-6(10)7(8(12)13)4(5)3-11/h1-2H,(H2,12,13). The van der Waals surface area contributed by atoms with Crippen LogP contribution in [0.25, 0.3) is 0 Å². The maximum atomic E-state index is 11.0. The van der Waals surface area contributed by atoms with Gasteiger partial charge in [-0.3, -0.25) is 4.79 Å². The number of nitriles is 1. The van der Waals surface area contributed by atoms with Crippen LogP contribution in [0.1, 0.15) is 15.9 Å². The lowest BCUT2D eigenvalue weighted by Crippen LogP contribution is -2.14. The average molecular weight is 304 g/mol. The van der Waals surface area contributed by atoms with Crippen LogP contribution in [0.2, 0.25) is 0 Å². The summed E-state index contributed by atoms with van der Waals surface area (Å²) in [6, 6.07) is 5.24. The molecule has 0 spiro atoms. The second-order valence-electron chi connectivity index (χ2n) is 2.26. The molecule has 2 N–H and O–H groups in total. The van der Waals surface area contributed by atoms with E-state index in [1.807, 2.05) is 6.07 Å². The number of carbonyl (C=O) groups excluding carboxylic acids is 1. The summed E-state index contributed by atoms with van der Waals surface area (Å²) in [5.41, 5.74) is 5.58. The second-order valence-corrected chi connectivity index (χ2v) is 3.96. The molecule has 13 heavy (non-hydrogen) atoms. The third kappa shape index (κ3) is 1.90. The van der Waals surface area contributed by atoms with Crippen LogP contribution in [-0.4, -0.2) is 5.91 Å². The minimum Gasteiger partial charge on any atom is -0.366 e. The first-order valence-electron chi connectivity index (χ1n) is 3.26. The number of halogens is 2. The van der Waals surface area contributed by atoms with Gasteiger partial charge >= 0.3 is 0 Å². The van der Waals surface area contributed by atoms with Crippen LogP contribution < -0.4 is 5.73 Å². The normalized spacial score (nSPS) is 9.31. The number of nitrogens with two attached hydrogens (primary N) is 1. The quantitative estimate of drug-likeness (QED) is 0.864. The van der Waals surface area contributed by atoms with E-state index in [-0.39, 0.29) is 11.1 Å². The van der Waals surface area contributed by atoms with Gasteiger partial charge in [-0.1, -0.05) is 0 Å². The van der Waals surface area contributed by atoms with E-state index in [0.29, 0.717) is 8.95 Å². The first kappa shape index (κ1) is 10.2. The molecule has 0 aliphatic heterocycles. The van der Waals surface area contributed by atoms with Crippen molar-refractivity contribution in [3.05, 3.63) is 32.2 Å². The monoisotopic (exact) mass is 302 g/mol. The SMILES string of the molecule is N#Cc1c(Br)ccc(Br)c1C(N)=O. The van der Waals surface area contributed by atoms with Crippen molar-refractivity contribution >= 4 is 37.8 Å². The zero-order valence-corrected chi connectivity index (χ0v) is 9.52. The molecule has 1 amide bonds. The summed E-state index contributed by atoms with van der Waals surface area (Å²) in [7, 11) is 0. The Morgan fingerprint density at radius 2 is 1.92 bits per heavy atom. The van der Waals surface area contributed by atoms with Crippen molar-refractivity contribution in [1.29, 1.82) is 5.26 Å². The van der Waals surface area contributed by atoms with E-state index in [1.54, 1.807) is 12.1 Å². The van der Waals surface area contributed by atoms with Crippen molar-refractivity contribution in [2.75, 3.05) is 0 Å². The smallest absolute Gasteiger partial charge is 0.251 e. The minimum atomic E-state index is -0.621. The summed E-state index contributed by atoms with van der Waals surface area (Å²) in [5.74, 6) is -0.621. The van der Waals surface area contributed by atoms with Gasteiger partial charge in [0.1, 0.15) is 6.07 Å². The van der Waals surface area contributed by atoms with Crippen LogP contribution in [0, 0.1) is 11.3 Å². The number of rotatable bonds is 1. The lowest BCUT2D eigenvalue weighted by molar-refractivity contribution is 0.0999. The molecule has 5 heteroatoms. The Morgan fingerprint density at radius 1 is 1.38 bits per heavy atom. The fraction of sp³-hybridized carbons (Fsp3) is 0. The Hall–Kier alpha value is -0.860. The molecular weight excluding hydrogens is 300 g/mol. The summed E-state index contributed by atoms with van der Waals surface area (Å²) >= 11 is 6.31. The van der Waals surface area contributed by atoms with Gasteiger partial charge in [-0.05, 0) is 44.0 Å². The molecule has 0 fully saturated rings. The minimum absolute atomic E-state index is 0.205. The van der Waals surface area contributed by atoms with Crippen molar-refractivity contribution in [3.63, 3.8) is 0 Å². The predicted molar refractivity (Wildman–Crippen MR) is 55.1 cm³/mol. The van der Waals surface area contributed by atoms with E-state index in [2.05, 4.69) is 31.9 Å². The lowest BCUT2D eigenvalue weighted by Gasteiger charge is -2.03. The Kier molecular flexibility index (Phi) is 3.07. The topological polar surface area (TPSA) is 66.9 Å². The molecule has 0 aliphatic rings. The van der Waals surface area contributed by atoms with Gasteiger partial charge in [0.25, 0.3) is 5.91 Å². The van der Waals surface area contributed by atoms with Crippen LogP contribution in [-0.2, 0) is 0 Å². The van der Waals surface area contributed by atoms with E-state index in [9.17, 15) is 4.79 Å². The van der Waals surface area contributed by atoms with Crippen LogP contribution in [0.5, 0.6) is 0 Å². The molecule has 1 aromatic rings. The fourth-order valence-electron chi connectivity index (χ4n) is 0.902. The predicted octanol–water partition coefficient (Wildman–Crippen LogP) is 2.18. The van der Waals surface area contributed by atoms with E-state index in [4.69, 9.17) is 11.0 Å². The molecule has 0 saturated carbocycles. The van der Waals surface area contributed by atoms with E-state index >= 15 is 0 Å². The van der Waals surface area contributed by atoms with Gasteiger partial charge in [-0.15, -0.1) is 0 Å². The number of nitrogens with zero attached hydrogens (tertiary/aromatic N) is 1. The Morgan fingerprint density at radius 3 is 2.31 bits per heavy atom. The van der Waals surface area contributed by atoms with Gasteiger partial charge in [-0.2, -0.15) is 5.26 Å². The van der Waals surface area contributed by atoms with Crippen molar-refractivity contribution in [2.45, 2.75) is 0 Å². The lowest BCUT2D eigenvalue weighted by atomic mass is 10.1. The van der Waals surface area contributed by atoms with E-state index < -0.39 is 5.91 Å². The highest BCUT2D eigenvalue weighted by atomic mass is 79.9. The summed E-state index contributed by atoms with van der Waals surface area (Å²) < 4.78 is 1.09. The number of amides is 1. The zero-order chi connectivity index (χ0) is 10.0. The molecule has 1 rings (SSSR count). The molecule has 3 nitrogen and oxygen atoms in total. The summed E-state index contributed by atoms with van der Waals surface area (Å²) in [6.45, 7) is 0. The average Bonchev–Trinajstić information content (AvgIpc) is 2.07. The van der Waals surface area contributed by atoms with Crippen molar-refractivity contribution < 1.29 is 4.79 Å². The van der Waals surface area contributed by atoms with Gasteiger partial charge in [0.2, 0.25) is 0 Å². The van der Waals surface area contributed by atoms with Gasteiger partial charge in [0.15, 0.2) is 0 Å². The summed E-state index contributed by atoms with van der Waals surface area (Å²) in [5, 5.41) is 8.76.